The van der Waals surface area contributed by atoms with Crippen molar-refractivity contribution in [3.05, 3.63) is 59.2 Å². The molecule has 4 rings (SSSR count). The third-order valence-electron chi connectivity index (χ3n) is 5.60. The van der Waals surface area contributed by atoms with Gasteiger partial charge in [0.1, 0.15) is 5.54 Å². The molecule has 0 spiro atoms. The molecule has 1 saturated heterocycles. The maximum atomic E-state index is 13.1. The molecule has 1 atom stereocenters. The highest BCUT2D eigenvalue weighted by molar-refractivity contribution is 6.11. The van der Waals surface area contributed by atoms with Crippen molar-refractivity contribution >= 4 is 17.7 Å². The molecule has 0 aliphatic carbocycles. The summed E-state index contributed by atoms with van der Waals surface area (Å²) in [4.78, 5) is 39.4. The van der Waals surface area contributed by atoms with E-state index in [0.29, 0.717) is 22.6 Å². The van der Waals surface area contributed by atoms with Gasteiger partial charge in [-0.2, -0.15) is 0 Å². The van der Waals surface area contributed by atoms with Crippen LogP contribution in [0, 0.1) is 0 Å². The summed E-state index contributed by atoms with van der Waals surface area (Å²) in [5, 5.41) is 2.71. The van der Waals surface area contributed by atoms with Crippen LogP contribution in [0.1, 0.15) is 49.2 Å². The molecule has 2 heterocycles. The third kappa shape index (κ3) is 3.30. The highest BCUT2D eigenvalue weighted by Crippen LogP contribution is 2.37. The molecule has 0 radical (unpaired) electrons. The number of urea groups is 1. The summed E-state index contributed by atoms with van der Waals surface area (Å²) in [7, 11) is 0. The number of benzene rings is 2. The maximum Gasteiger partial charge on any atom is 0.325 e. The SMILES string of the molecule is CC(C)(C)c1ccc(C(=O)CN2C(=O)N[C@@](C)(c3ccc4c(c3)OCO4)C2=O)cc1. The number of nitrogens with zero attached hydrogens (tertiary/aromatic N) is 1. The minimum absolute atomic E-state index is 0.0290. The Hall–Kier alpha value is -3.35. The minimum atomic E-state index is -1.28. The van der Waals surface area contributed by atoms with Crippen molar-refractivity contribution < 1.29 is 23.9 Å². The monoisotopic (exact) mass is 408 g/mol. The lowest BCUT2D eigenvalue weighted by Gasteiger charge is -2.22. The average molecular weight is 408 g/mol. The summed E-state index contributed by atoms with van der Waals surface area (Å²) in [5.41, 5.74) is 0.812. The van der Waals surface area contributed by atoms with Crippen LogP contribution in [0.25, 0.3) is 0 Å². The van der Waals surface area contributed by atoms with Crippen LogP contribution in [0.2, 0.25) is 0 Å². The molecule has 1 N–H and O–H groups in total. The van der Waals surface area contributed by atoms with E-state index in [9.17, 15) is 14.4 Å². The van der Waals surface area contributed by atoms with E-state index in [-0.39, 0.29) is 24.5 Å². The van der Waals surface area contributed by atoms with Gasteiger partial charge in [-0.25, -0.2) is 4.79 Å². The number of fused-ring (bicyclic) bond motifs is 1. The molecule has 2 aliphatic heterocycles. The van der Waals surface area contributed by atoms with Crippen LogP contribution in [0.3, 0.4) is 0 Å². The van der Waals surface area contributed by atoms with E-state index < -0.39 is 17.5 Å². The molecular weight excluding hydrogens is 384 g/mol. The lowest BCUT2D eigenvalue weighted by Crippen LogP contribution is -2.41. The van der Waals surface area contributed by atoms with Gasteiger partial charge < -0.3 is 14.8 Å². The summed E-state index contributed by atoms with van der Waals surface area (Å²) in [5.74, 6) is 0.328. The second-order valence-electron chi connectivity index (χ2n) is 8.77. The Morgan fingerprint density at radius 3 is 2.40 bits per heavy atom. The zero-order valence-electron chi connectivity index (χ0n) is 17.4. The van der Waals surface area contributed by atoms with E-state index in [1.165, 1.54) is 0 Å². The number of carbonyl (C=O) groups is 3. The second-order valence-corrected chi connectivity index (χ2v) is 8.77. The summed E-state index contributed by atoms with van der Waals surface area (Å²) in [6.45, 7) is 7.69. The van der Waals surface area contributed by atoms with Gasteiger partial charge in [-0.3, -0.25) is 14.5 Å². The van der Waals surface area contributed by atoms with Gasteiger partial charge in [-0.15, -0.1) is 0 Å². The number of ketones is 1. The number of rotatable bonds is 4. The van der Waals surface area contributed by atoms with Crippen LogP contribution in [0.4, 0.5) is 4.79 Å². The number of ether oxygens (including phenoxy) is 2. The second kappa shape index (κ2) is 6.86. The van der Waals surface area contributed by atoms with Gasteiger partial charge in [0.25, 0.3) is 5.91 Å². The van der Waals surface area contributed by atoms with Gasteiger partial charge in [0.15, 0.2) is 17.3 Å². The first kappa shape index (κ1) is 19.9. The quantitative estimate of drug-likeness (QED) is 0.619. The van der Waals surface area contributed by atoms with Crippen LogP contribution >= 0.6 is 0 Å². The summed E-state index contributed by atoms with van der Waals surface area (Å²) in [6.07, 6.45) is 0. The lowest BCUT2D eigenvalue weighted by atomic mass is 9.86. The van der Waals surface area contributed by atoms with E-state index in [0.717, 1.165) is 10.5 Å². The van der Waals surface area contributed by atoms with Crippen LogP contribution in [-0.4, -0.2) is 36.0 Å². The van der Waals surface area contributed by atoms with E-state index >= 15 is 0 Å². The van der Waals surface area contributed by atoms with Gasteiger partial charge in [-0.05, 0) is 35.6 Å². The molecule has 156 valence electrons. The van der Waals surface area contributed by atoms with E-state index in [1.807, 2.05) is 12.1 Å². The van der Waals surface area contributed by atoms with Gasteiger partial charge >= 0.3 is 6.03 Å². The summed E-state index contributed by atoms with van der Waals surface area (Å²) >= 11 is 0. The van der Waals surface area contributed by atoms with Crippen molar-refractivity contribution in [2.45, 2.75) is 38.6 Å². The molecule has 1 fully saturated rings. The molecule has 0 bridgehead atoms. The van der Waals surface area contributed by atoms with Gasteiger partial charge in [0.2, 0.25) is 6.79 Å². The number of hydrogen-bond acceptors (Lipinski definition) is 5. The summed E-state index contributed by atoms with van der Waals surface area (Å²) < 4.78 is 10.7. The molecular formula is C23H24N2O5. The fraction of sp³-hybridized carbons (Fsp3) is 0.348. The Bertz CT molecular complexity index is 1040. The first-order valence-corrected chi connectivity index (χ1v) is 9.77. The molecule has 3 amide bonds. The number of imide groups is 1. The van der Waals surface area contributed by atoms with Crippen molar-refractivity contribution in [2.75, 3.05) is 13.3 Å². The number of amides is 3. The average Bonchev–Trinajstić information content (AvgIpc) is 3.25. The summed E-state index contributed by atoms with van der Waals surface area (Å²) in [6, 6.07) is 11.8. The molecule has 2 aliphatic rings. The lowest BCUT2D eigenvalue weighted by molar-refractivity contribution is -0.130. The smallest absolute Gasteiger partial charge is 0.325 e. The largest absolute Gasteiger partial charge is 0.454 e. The fourth-order valence-corrected chi connectivity index (χ4v) is 3.63. The Morgan fingerprint density at radius 1 is 1.07 bits per heavy atom. The topological polar surface area (TPSA) is 84.9 Å². The van der Waals surface area contributed by atoms with Gasteiger partial charge in [0.05, 0.1) is 6.54 Å². The Labute approximate surface area is 175 Å². The Balaban J connectivity index is 1.53. The van der Waals surface area contributed by atoms with E-state index in [1.54, 1.807) is 37.3 Å². The van der Waals surface area contributed by atoms with Crippen LogP contribution < -0.4 is 14.8 Å². The first-order chi connectivity index (χ1) is 14.1. The fourth-order valence-electron chi connectivity index (χ4n) is 3.63. The van der Waals surface area contributed by atoms with Crippen LogP contribution in [-0.2, 0) is 15.7 Å². The number of nitrogens with one attached hydrogen (secondary N) is 1. The third-order valence-corrected chi connectivity index (χ3v) is 5.60. The number of carbonyl (C=O) groups excluding carboxylic acids is 3. The molecule has 0 unspecified atom stereocenters. The van der Waals surface area contributed by atoms with Crippen LogP contribution in [0.5, 0.6) is 11.5 Å². The molecule has 0 saturated carbocycles. The standard InChI is InChI=1S/C23H24N2O5/c1-22(2,3)15-7-5-14(6-8-15)17(26)12-25-20(27)23(4,24-21(25)28)16-9-10-18-19(11-16)30-13-29-18/h5-11H,12-13H2,1-4H3,(H,24,28)/t23-/m0/s1. The van der Waals surface area contributed by atoms with Gasteiger partial charge in [0, 0.05) is 5.56 Å². The van der Waals surface area contributed by atoms with E-state index in [2.05, 4.69) is 26.1 Å². The molecule has 2 aromatic rings. The molecule has 7 nitrogen and oxygen atoms in total. The molecule has 0 aromatic heterocycles. The normalized spacial score (nSPS) is 20.5. The van der Waals surface area contributed by atoms with Crippen molar-refractivity contribution in [1.29, 1.82) is 0 Å². The predicted octanol–water partition coefficient (Wildman–Crippen LogP) is 3.36. The molecule has 2 aromatic carbocycles. The van der Waals surface area contributed by atoms with Crippen LogP contribution in [0.15, 0.2) is 42.5 Å². The predicted molar refractivity (Wildman–Crippen MR) is 110 cm³/mol. The molecule has 30 heavy (non-hydrogen) atoms. The van der Waals surface area contributed by atoms with Crippen molar-refractivity contribution in [3.8, 4) is 11.5 Å². The highest BCUT2D eigenvalue weighted by Gasteiger charge is 2.49. The maximum absolute atomic E-state index is 13.1. The van der Waals surface area contributed by atoms with Crippen molar-refractivity contribution in [2.24, 2.45) is 0 Å². The Kier molecular flexibility index (Phi) is 4.56. The zero-order chi connectivity index (χ0) is 21.7. The van der Waals surface area contributed by atoms with Crippen molar-refractivity contribution in [1.82, 2.24) is 10.2 Å². The van der Waals surface area contributed by atoms with E-state index in [4.69, 9.17) is 9.47 Å². The first-order valence-electron chi connectivity index (χ1n) is 9.77. The number of Topliss-reactive ketones (excluding diaryl/α,β-unsaturated/α-hetero) is 1. The minimum Gasteiger partial charge on any atom is -0.454 e. The zero-order valence-corrected chi connectivity index (χ0v) is 17.4. The van der Waals surface area contributed by atoms with Crippen molar-refractivity contribution in [3.63, 3.8) is 0 Å². The van der Waals surface area contributed by atoms with Gasteiger partial charge in [-0.1, -0.05) is 51.1 Å². The number of hydrogen-bond donors (Lipinski definition) is 1. The Morgan fingerprint density at radius 2 is 1.73 bits per heavy atom. The highest BCUT2D eigenvalue weighted by atomic mass is 16.7. The molecule has 7 heteroatoms.